The molecule has 4 N–H and O–H groups in total. The van der Waals surface area contributed by atoms with E-state index in [0.717, 1.165) is 24.2 Å². The van der Waals surface area contributed by atoms with Crippen LogP contribution >= 0.6 is 0 Å². The van der Waals surface area contributed by atoms with Gasteiger partial charge in [-0.1, -0.05) is 29.8 Å². The van der Waals surface area contributed by atoms with Crippen LogP contribution < -0.4 is 11.5 Å². The number of benzene rings is 2. The van der Waals surface area contributed by atoms with Gasteiger partial charge in [0.1, 0.15) is 0 Å². The van der Waals surface area contributed by atoms with Crippen molar-refractivity contribution in [3.63, 3.8) is 0 Å². The first-order valence-corrected chi connectivity index (χ1v) is 5.84. The van der Waals surface area contributed by atoms with E-state index >= 15 is 0 Å². The van der Waals surface area contributed by atoms with Gasteiger partial charge in [0.2, 0.25) is 0 Å². The van der Waals surface area contributed by atoms with Crippen molar-refractivity contribution in [3.05, 3.63) is 59.2 Å². The molecular weight excluding hydrogens is 208 g/mol. The Morgan fingerprint density at radius 3 is 2.29 bits per heavy atom. The summed E-state index contributed by atoms with van der Waals surface area (Å²) in [6.45, 7) is 2.09. The summed E-state index contributed by atoms with van der Waals surface area (Å²) in [4.78, 5) is 0. The SMILES string of the molecule is Cc1ccc(N)c(CCc2ccc(N)cc2)c1. The first kappa shape index (κ1) is 11.5. The Morgan fingerprint density at radius 2 is 1.59 bits per heavy atom. The zero-order chi connectivity index (χ0) is 12.3. The third-order valence-electron chi connectivity index (χ3n) is 2.96. The van der Waals surface area contributed by atoms with Crippen LogP contribution in [0.25, 0.3) is 0 Å². The van der Waals surface area contributed by atoms with Crippen molar-refractivity contribution >= 4 is 11.4 Å². The lowest BCUT2D eigenvalue weighted by Crippen LogP contribution is -1.98. The zero-order valence-corrected chi connectivity index (χ0v) is 10.1. The third kappa shape index (κ3) is 3.00. The number of aryl methyl sites for hydroxylation is 3. The van der Waals surface area contributed by atoms with Crippen molar-refractivity contribution < 1.29 is 0 Å². The van der Waals surface area contributed by atoms with Crippen LogP contribution in [0.3, 0.4) is 0 Å². The molecule has 0 amide bonds. The van der Waals surface area contributed by atoms with Crippen LogP contribution in [-0.2, 0) is 12.8 Å². The maximum atomic E-state index is 5.96. The topological polar surface area (TPSA) is 52.0 Å². The van der Waals surface area contributed by atoms with Crippen LogP contribution in [0, 0.1) is 6.92 Å². The zero-order valence-electron chi connectivity index (χ0n) is 10.1. The molecule has 0 aromatic heterocycles. The lowest BCUT2D eigenvalue weighted by molar-refractivity contribution is 0.961. The number of nitrogen functional groups attached to an aromatic ring is 2. The predicted octanol–water partition coefficient (Wildman–Crippen LogP) is 2.94. The van der Waals surface area contributed by atoms with Crippen molar-refractivity contribution in [2.75, 3.05) is 11.5 Å². The Balaban J connectivity index is 2.07. The smallest absolute Gasteiger partial charge is 0.0346 e. The average Bonchev–Trinajstić information content (AvgIpc) is 2.32. The Labute approximate surface area is 102 Å². The number of anilines is 2. The summed E-state index contributed by atoms with van der Waals surface area (Å²) in [5.74, 6) is 0. The molecule has 0 saturated heterocycles. The number of hydrogen-bond acceptors (Lipinski definition) is 2. The van der Waals surface area contributed by atoms with Gasteiger partial charge in [0.15, 0.2) is 0 Å². The van der Waals surface area contributed by atoms with Gasteiger partial charge in [0, 0.05) is 11.4 Å². The minimum absolute atomic E-state index is 0.809. The fourth-order valence-electron chi connectivity index (χ4n) is 1.91. The molecule has 2 heteroatoms. The molecule has 0 saturated carbocycles. The molecule has 0 spiro atoms. The first-order valence-electron chi connectivity index (χ1n) is 5.84. The summed E-state index contributed by atoms with van der Waals surface area (Å²) < 4.78 is 0. The molecule has 2 aromatic rings. The molecular formula is C15H18N2. The summed E-state index contributed by atoms with van der Waals surface area (Å²) in [6.07, 6.45) is 1.96. The molecule has 0 unspecified atom stereocenters. The van der Waals surface area contributed by atoms with E-state index in [2.05, 4.69) is 25.1 Å². The molecule has 0 heterocycles. The Kier molecular flexibility index (Phi) is 3.33. The standard InChI is InChI=1S/C15H18N2/c1-11-2-9-15(17)13(10-11)6-3-12-4-7-14(16)8-5-12/h2,4-5,7-10H,3,6,16-17H2,1H3. The lowest BCUT2D eigenvalue weighted by Gasteiger charge is -2.07. The van der Waals surface area contributed by atoms with Gasteiger partial charge in [-0.3, -0.25) is 0 Å². The fourth-order valence-corrected chi connectivity index (χ4v) is 1.91. The molecule has 2 rings (SSSR count). The molecule has 88 valence electrons. The minimum Gasteiger partial charge on any atom is -0.399 e. The van der Waals surface area contributed by atoms with Crippen LogP contribution in [-0.4, -0.2) is 0 Å². The maximum Gasteiger partial charge on any atom is 0.0346 e. The van der Waals surface area contributed by atoms with Gasteiger partial charge in [-0.05, 0) is 49.1 Å². The van der Waals surface area contributed by atoms with Gasteiger partial charge in [-0.25, -0.2) is 0 Å². The van der Waals surface area contributed by atoms with Crippen LogP contribution in [0.15, 0.2) is 42.5 Å². The Morgan fingerprint density at radius 1 is 0.882 bits per heavy atom. The highest BCUT2D eigenvalue weighted by molar-refractivity contribution is 5.49. The maximum absolute atomic E-state index is 5.96. The van der Waals surface area contributed by atoms with E-state index in [1.807, 2.05) is 24.3 Å². The summed E-state index contributed by atoms with van der Waals surface area (Å²) in [7, 11) is 0. The highest BCUT2D eigenvalue weighted by Crippen LogP contribution is 2.17. The van der Waals surface area contributed by atoms with Crippen molar-refractivity contribution in [3.8, 4) is 0 Å². The van der Waals surface area contributed by atoms with Crippen LogP contribution in [0.5, 0.6) is 0 Å². The monoisotopic (exact) mass is 226 g/mol. The molecule has 2 aromatic carbocycles. The highest BCUT2D eigenvalue weighted by Gasteiger charge is 2.00. The fraction of sp³-hybridized carbons (Fsp3) is 0.200. The molecule has 0 aliphatic rings. The van der Waals surface area contributed by atoms with Gasteiger partial charge < -0.3 is 11.5 Å². The second-order valence-corrected chi connectivity index (χ2v) is 4.44. The van der Waals surface area contributed by atoms with E-state index in [0.29, 0.717) is 0 Å². The quantitative estimate of drug-likeness (QED) is 0.791. The van der Waals surface area contributed by atoms with Crippen molar-refractivity contribution in [2.45, 2.75) is 19.8 Å². The van der Waals surface area contributed by atoms with Crippen molar-refractivity contribution in [1.29, 1.82) is 0 Å². The molecule has 0 aliphatic heterocycles. The Bertz CT molecular complexity index is 501. The van der Waals surface area contributed by atoms with Crippen LogP contribution in [0.1, 0.15) is 16.7 Å². The molecule has 2 nitrogen and oxygen atoms in total. The molecule has 17 heavy (non-hydrogen) atoms. The van der Waals surface area contributed by atoms with Gasteiger partial charge in [-0.2, -0.15) is 0 Å². The van der Waals surface area contributed by atoms with Crippen molar-refractivity contribution in [1.82, 2.24) is 0 Å². The molecule has 0 atom stereocenters. The number of hydrogen-bond donors (Lipinski definition) is 2. The number of nitrogens with two attached hydrogens (primary N) is 2. The number of rotatable bonds is 3. The van der Waals surface area contributed by atoms with E-state index in [1.165, 1.54) is 16.7 Å². The van der Waals surface area contributed by atoms with Gasteiger partial charge in [0.25, 0.3) is 0 Å². The summed E-state index contributed by atoms with van der Waals surface area (Å²) in [5, 5.41) is 0. The normalized spacial score (nSPS) is 10.4. The summed E-state index contributed by atoms with van der Waals surface area (Å²) in [5.41, 5.74) is 17.1. The van der Waals surface area contributed by atoms with Crippen LogP contribution in [0.2, 0.25) is 0 Å². The van der Waals surface area contributed by atoms with Gasteiger partial charge >= 0.3 is 0 Å². The Hall–Kier alpha value is -1.96. The van der Waals surface area contributed by atoms with Gasteiger partial charge in [0.05, 0.1) is 0 Å². The minimum atomic E-state index is 0.809. The molecule has 0 fully saturated rings. The van der Waals surface area contributed by atoms with E-state index in [4.69, 9.17) is 11.5 Å². The predicted molar refractivity (Wildman–Crippen MR) is 73.9 cm³/mol. The third-order valence-corrected chi connectivity index (χ3v) is 2.96. The highest BCUT2D eigenvalue weighted by atomic mass is 14.6. The second kappa shape index (κ2) is 4.91. The largest absolute Gasteiger partial charge is 0.399 e. The van der Waals surface area contributed by atoms with E-state index in [1.54, 1.807) is 0 Å². The lowest BCUT2D eigenvalue weighted by atomic mass is 10.0. The molecule has 0 bridgehead atoms. The summed E-state index contributed by atoms with van der Waals surface area (Å²) >= 11 is 0. The van der Waals surface area contributed by atoms with Crippen LogP contribution in [0.4, 0.5) is 11.4 Å². The summed E-state index contributed by atoms with van der Waals surface area (Å²) in [6, 6.07) is 14.2. The van der Waals surface area contributed by atoms with E-state index in [9.17, 15) is 0 Å². The van der Waals surface area contributed by atoms with Crippen molar-refractivity contribution in [2.24, 2.45) is 0 Å². The second-order valence-electron chi connectivity index (χ2n) is 4.44. The first-order chi connectivity index (χ1) is 8.15. The average molecular weight is 226 g/mol. The van der Waals surface area contributed by atoms with Gasteiger partial charge in [-0.15, -0.1) is 0 Å². The van der Waals surface area contributed by atoms with E-state index < -0.39 is 0 Å². The molecule has 0 radical (unpaired) electrons. The molecule has 0 aliphatic carbocycles. The van der Waals surface area contributed by atoms with E-state index in [-0.39, 0.29) is 0 Å².